The maximum Gasteiger partial charge on any atom is 0.278 e. The van der Waals surface area contributed by atoms with Crippen LogP contribution in [0, 0.1) is 11.3 Å². The minimum atomic E-state index is -0.0493. The topological polar surface area (TPSA) is 65.2 Å². The van der Waals surface area contributed by atoms with Gasteiger partial charge in [0.05, 0.1) is 16.9 Å². The van der Waals surface area contributed by atoms with Gasteiger partial charge < -0.3 is 9.80 Å². The second-order valence-electron chi connectivity index (χ2n) is 7.94. The summed E-state index contributed by atoms with van der Waals surface area (Å²) in [6.07, 6.45) is 3.63. The quantitative estimate of drug-likeness (QED) is 0.485. The van der Waals surface area contributed by atoms with Gasteiger partial charge in [0.2, 0.25) is 0 Å². The average molecular weight is 434 g/mol. The fourth-order valence-corrected chi connectivity index (χ4v) is 4.28. The normalized spacial score (nSPS) is 13.5. The first kappa shape index (κ1) is 20.5. The van der Waals surface area contributed by atoms with E-state index in [1.165, 1.54) is 0 Å². The van der Waals surface area contributed by atoms with Crippen LogP contribution >= 0.6 is 0 Å². The number of pyridine rings is 2. The van der Waals surface area contributed by atoms with Crippen molar-refractivity contribution in [2.45, 2.75) is 0 Å². The van der Waals surface area contributed by atoms with Gasteiger partial charge in [-0.25, -0.2) is 0 Å². The minimum absolute atomic E-state index is 0.0493. The minimum Gasteiger partial charge on any atom is -0.367 e. The molecule has 1 fully saturated rings. The van der Waals surface area contributed by atoms with Gasteiger partial charge in [0, 0.05) is 49.8 Å². The Kier molecular flexibility index (Phi) is 5.61. The Balaban J connectivity index is 1.51. The molecule has 0 radical (unpaired) electrons. The van der Waals surface area contributed by atoms with Crippen LogP contribution in [0.2, 0.25) is 0 Å². The number of anilines is 2. The number of rotatable bonds is 4. The summed E-state index contributed by atoms with van der Waals surface area (Å²) < 4.78 is 1.71. The standard InChI is InChI=1S/C27H23N5O/c28-19-21-8-4-5-12-25(21)30-14-16-31(17-15-30)26-18-22(24-11-6-7-13-29-24)20-32(27(26)33)23-9-2-1-3-10-23/h1-13,18,20H,14-17H2. The van der Waals surface area contributed by atoms with Crippen molar-refractivity contribution in [3.8, 4) is 23.0 Å². The molecule has 5 rings (SSSR count). The SMILES string of the molecule is N#Cc1ccccc1N1CCN(c2cc(-c3ccccn3)cn(-c3ccccc3)c2=O)CC1. The number of nitriles is 1. The highest BCUT2D eigenvalue weighted by Crippen LogP contribution is 2.25. The molecule has 0 saturated carbocycles. The van der Waals surface area contributed by atoms with Crippen LogP contribution in [0.1, 0.15) is 5.56 Å². The first-order valence-corrected chi connectivity index (χ1v) is 11.0. The maximum atomic E-state index is 13.5. The van der Waals surface area contributed by atoms with Crippen LogP contribution in [0.25, 0.3) is 16.9 Å². The molecule has 4 aromatic rings. The molecule has 2 aromatic heterocycles. The third kappa shape index (κ3) is 4.09. The fourth-order valence-electron chi connectivity index (χ4n) is 4.28. The summed E-state index contributed by atoms with van der Waals surface area (Å²) in [6.45, 7) is 2.85. The summed E-state index contributed by atoms with van der Waals surface area (Å²) in [5, 5.41) is 9.46. The smallest absolute Gasteiger partial charge is 0.278 e. The predicted molar refractivity (Wildman–Crippen MR) is 131 cm³/mol. The summed E-state index contributed by atoms with van der Waals surface area (Å²) >= 11 is 0. The van der Waals surface area contributed by atoms with Crippen molar-refractivity contribution in [2.24, 2.45) is 0 Å². The van der Waals surface area contributed by atoms with Crippen LogP contribution in [-0.4, -0.2) is 35.7 Å². The number of piperazine rings is 1. The molecule has 2 aromatic carbocycles. The van der Waals surface area contributed by atoms with Gasteiger partial charge in [0.15, 0.2) is 0 Å². The Hall–Kier alpha value is -4.37. The van der Waals surface area contributed by atoms with Crippen molar-refractivity contribution >= 4 is 11.4 Å². The molecule has 0 unspecified atom stereocenters. The number of para-hydroxylation sites is 2. The zero-order valence-corrected chi connectivity index (χ0v) is 18.1. The van der Waals surface area contributed by atoms with Crippen LogP contribution in [0.4, 0.5) is 11.4 Å². The summed E-state index contributed by atoms with van der Waals surface area (Å²) in [5.41, 5.74) is 4.78. The van der Waals surface area contributed by atoms with Gasteiger partial charge in [-0.05, 0) is 42.5 Å². The first-order chi connectivity index (χ1) is 16.2. The summed E-state index contributed by atoms with van der Waals surface area (Å²) in [5.74, 6) is 0. The molecule has 1 saturated heterocycles. The van der Waals surface area contributed by atoms with E-state index in [0.717, 1.165) is 35.7 Å². The number of hydrogen-bond acceptors (Lipinski definition) is 5. The second kappa shape index (κ2) is 9.01. The molecule has 1 aliphatic rings. The van der Waals surface area contributed by atoms with Crippen LogP contribution in [0.5, 0.6) is 0 Å². The van der Waals surface area contributed by atoms with E-state index in [-0.39, 0.29) is 5.56 Å². The lowest BCUT2D eigenvalue weighted by atomic mass is 10.1. The number of nitrogens with zero attached hydrogens (tertiary/aromatic N) is 5. The highest BCUT2D eigenvalue weighted by atomic mass is 16.1. The number of hydrogen-bond donors (Lipinski definition) is 0. The van der Waals surface area contributed by atoms with E-state index in [1.54, 1.807) is 10.8 Å². The average Bonchev–Trinajstić information content (AvgIpc) is 2.90. The Morgan fingerprint density at radius 1 is 0.788 bits per heavy atom. The highest BCUT2D eigenvalue weighted by molar-refractivity contribution is 5.66. The third-order valence-corrected chi connectivity index (χ3v) is 5.98. The Bertz CT molecular complexity index is 1350. The van der Waals surface area contributed by atoms with Gasteiger partial charge >= 0.3 is 0 Å². The Morgan fingerprint density at radius 3 is 2.15 bits per heavy atom. The lowest BCUT2D eigenvalue weighted by Gasteiger charge is -2.37. The van der Waals surface area contributed by atoms with E-state index in [1.807, 2.05) is 85.1 Å². The van der Waals surface area contributed by atoms with Gasteiger partial charge in [-0.1, -0.05) is 36.4 Å². The maximum absolute atomic E-state index is 13.5. The number of aromatic nitrogens is 2. The molecule has 1 aliphatic heterocycles. The molecule has 0 spiro atoms. The molecular formula is C27H23N5O. The van der Waals surface area contributed by atoms with Crippen molar-refractivity contribution in [3.05, 3.63) is 107 Å². The van der Waals surface area contributed by atoms with Gasteiger partial charge in [0.1, 0.15) is 11.8 Å². The molecule has 0 aliphatic carbocycles. The van der Waals surface area contributed by atoms with Crippen molar-refractivity contribution in [1.82, 2.24) is 9.55 Å². The molecule has 0 atom stereocenters. The largest absolute Gasteiger partial charge is 0.367 e. The van der Waals surface area contributed by atoms with E-state index >= 15 is 0 Å². The van der Waals surface area contributed by atoms with Gasteiger partial charge in [-0.15, -0.1) is 0 Å². The van der Waals surface area contributed by atoms with Crippen LogP contribution in [0.3, 0.4) is 0 Å². The predicted octanol–water partition coefficient (Wildman–Crippen LogP) is 4.10. The molecule has 33 heavy (non-hydrogen) atoms. The van der Waals surface area contributed by atoms with E-state index in [4.69, 9.17) is 0 Å². The van der Waals surface area contributed by atoms with Gasteiger partial charge in [-0.2, -0.15) is 5.26 Å². The first-order valence-electron chi connectivity index (χ1n) is 11.0. The Labute approximate surface area is 192 Å². The zero-order valence-electron chi connectivity index (χ0n) is 18.1. The molecule has 3 heterocycles. The molecule has 6 heteroatoms. The molecule has 0 N–H and O–H groups in total. The third-order valence-electron chi connectivity index (χ3n) is 5.98. The van der Waals surface area contributed by atoms with Crippen molar-refractivity contribution < 1.29 is 0 Å². The van der Waals surface area contributed by atoms with E-state index < -0.39 is 0 Å². The monoisotopic (exact) mass is 433 g/mol. The van der Waals surface area contributed by atoms with E-state index in [2.05, 4.69) is 20.9 Å². The molecular weight excluding hydrogens is 410 g/mol. The van der Waals surface area contributed by atoms with Crippen molar-refractivity contribution in [3.63, 3.8) is 0 Å². The second-order valence-corrected chi connectivity index (χ2v) is 7.94. The van der Waals surface area contributed by atoms with Crippen molar-refractivity contribution in [1.29, 1.82) is 5.26 Å². The summed E-state index contributed by atoms with van der Waals surface area (Å²) in [7, 11) is 0. The summed E-state index contributed by atoms with van der Waals surface area (Å²) in [4.78, 5) is 22.4. The Morgan fingerprint density at radius 2 is 1.45 bits per heavy atom. The zero-order chi connectivity index (χ0) is 22.6. The van der Waals surface area contributed by atoms with Gasteiger partial charge in [-0.3, -0.25) is 14.3 Å². The van der Waals surface area contributed by atoms with E-state index in [9.17, 15) is 10.1 Å². The lowest BCUT2D eigenvalue weighted by molar-refractivity contribution is 0.649. The van der Waals surface area contributed by atoms with Gasteiger partial charge in [0.25, 0.3) is 5.56 Å². The summed E-state index contributed by atoms with van der Waals surface area (Å²) in [6, 6.07) is 27.4. The molecule has 0 amide bonds. The molecule has 0 bridgehead atoms. The molecule has 162 valence electrons. The van der Waals surface area contributed by atoms with Crippen LogP contribution in [-0.2, 0) is 0 Å². The van der Waals surface area contributed by atoms with Crippen LogP contribution in [0.15, 0.2) is 96.1 Å². The fraction of sp³-hybridized carbons (Fsp3) is 0.148. The van der Waals surface area contributed by atoms with E-state index in [0.29, 0.717) is 24.3 Å². The van der Waals surface area contributed by atoms with Crippen LogP contribution < -0.4 is 15.4 Å². The van der Waals surface area contributed by atoms with Crippen molar-refractivity contribution in [2.75, 3.05) is 36.0 Å². The highest BCUT2D eigenvalue weighted by Gasteiger charge is 2.22. The number of benzene rings is 2. The molecule has 6 nitrogen and oxygen atoms in total. The lowest BCUT2D eigenvalue weighted by Crippen LogP contribution is -2.48.